The van der Waals surface area contributed by atoms with Gasteiger partial charge in [-0.1, -0.05) is 0 Å². The van der Waals surface area contributed by atoms with Gasteiger partial charge in [0.2, 0.25) is 0 Å². The van der Waals surface area contributed by atoms with E-state index in [1.54, 1.807) is 29.7 Å². The van der Waals surface area contributed by atoms with Gasteiger partial charge < -0.3 is 4.98 Å². The first-order valence-corrected chi connectivity index (χ1v) is 10.2. The van der Waals surface area contributed by atoms with E-state index in [2.05, 4.69) is 35.1 Å². The largest absolute Gasteiger partial charge is 0.335 e. The van der Waals surface area contributed by atoms with E-state index in [1.807, 2.05) is 24.3 Å². The summed E-state index contributed by atoms with van der Waals surface area (Å²) in [4.78, 5) is 22.7. The van der Waals surface area contributed by atoms with Crippen LogP contribution in [0.4, 0.5) is 8.78 Å². The lowest BCUT2D eigenvalue weighted by Crippen LogP contribution is -2.24. The van der Waals surface area contributed by atoms with E-state index >= 15 is 0 Å². The highest BCUT2D eigenvalue weighted by Gasteiger charge is 2.37. The molecule has 1 aliphatic heterocycles. The molecule has 160 valence electrons. The molecule has 0 atom stereocenters. The van der Waals surface area contributed by atoms with Crippen molar-refractivity contribution in [1.29, 1.82) is 0 Å². The maximum Gasteiger partial charge on any atom is 0.261 e. The van der Waals surface area contributed by atoms with Gasteiger partial charge >= 0.3 is 0 Å². The highest BCUT2D eigenvalue weighted by atomic mass is 19.3. The van der Waals surface area contributed by atoms with Crippen molar-refractivity contribution in [3.63, 3.8) is 0 Å². The zero-order valence-electron chi connectivity index (χ0n) is 16.9. The number of alkyl halides is 2. The Kier molecular flexibility index (Phi) is 4.22. The summed E-state index contributed by atoms with van der Waals surface area (Å²) in [6.45, 7) is 0.597. The Hall–Kier alpha value is -3.79. The van der Waals surface area contributed by atoms with Crippen LogP contribution in [0.1, 0.15) is 12.0 Å². The Labute approximate surface area is 180 Å². The lowest BCUT2D eigenvalue weighted by molar-refractivity contribution is 0.0115. The van der Waals surface area contributed by atoms with Crippen molar-refractivity contribution in [2.75, 3.05) is 13.1 Å². The average Bonchev–Trinajstić information content (AvgIpc) is 3.49. The molecule has 0 amide bonds. The first-order valence-electron chi connectivity index (χ1n) is 10.2. The number of halogens is 2. The number of hydrogen-bond donors (Lipinski definition) is 2. The maximum atomic E-state index is 13.5. The van der Waals surface area contributed by atoms with Gasteiger partial charge in [-0.25, -0.2) is 18.7 Å². The maximum absolute atomic E-state index is 13.5. The predicted octanol–water partition coefficient (Wildman–Crippen LogP) is 3.80. The number of nitrogens with one attached hydrogen (secondary N) is 2. The quantitative estimate of drug-likeness (QED) is 0.448. The van der Waals surface area contributed by atoms with Crippen molar-refractivity contribution >= 4 is 22.1 Å². The van der Waals surface area contributed by atoms with Crippen molar-refractivity contribution in [3.05, 3.63) is 54.6 Å². The summed E-state index contributed by atoms with van der Waals surface area (Å²) in [5, 5.41) is 8.27. The van der Waals surface area contributed by atoms with Gasteiger partial charge in [0.05, 0.1) is 29.5 Å². The summed E-state index contributed by atoms with van der Waals surface area (Å²) >= 11 is 0. The fraction of sp³-hybridized carbons (Fsp3) is 0.227. The molecule has 0 radical (unpaired) electrons. The van der Waals surface area contributed by atoms with E-state index < -0.39 is 5.92 Å². The van der Waals surface area contributed by atoms with E-state index in [-0.39, 0.29) is 13.0 Å². The molecule has 0 unspecified atom stereocenters. The van der Waals surface area contributed by atoms with E-state index in [1.165, 1.54) is 0 Å². The number of pyridine rings is 3. The zero-order chi connectivity index (χ0) is 21.7. The van der Waals surface area contributed by atoms with Gasteiger partial charge in [-0.15, -0.1) is 0 Å². The summed E-state index contributed by atoms with van der Waals surface area (Å²) in [7, 11) is 0. The molecule has 0 spiro atoms. The molecule has 1 saturated heterocycles. The van der Waals surface area contributed by atoms with Crippen LogP contribution in [0.2, 0.25) is 0 Å². The molecule has 0 bridgehead atoms. The number of fused-ring (bicyclic) bond motifs is 2. The molecule has 0 aromatic carbocycles. The minimum absolute atomic E-state index is 0.0983. The van der Waals surface area contributed by atoms with E-state index in [4.69, 9.17) is 0 Å². The second-order valence-electron chi connectivity index (χ2n) is 8.05. The number of rotatable bonds is 4. The number of aromatic amines is 2. The molecule has 5 aromatic rings. The van der Waals surface area contributed by atoms with Gasteiger partial charge in [0.25, 0.3) is 5.92 Å². The monoisotopic (exact) mass is 432 g/mol. The lowest BCUT2D eigenvalue weighted by atomic mass is 10.1. The molecule has 6 heterocycles. The van der Waals surface area contributed by atoms with Crippen LogP contribution in [0, 0.1) is 0 Å². The van der Waals surface area contributed by atoms with Crippen LogP contribution in [0.5, 0.6) is 0 Å². The minimum Gasteiger partial charge on any atom is -0.335 e. The van der Waals surface area contributed by atoms with Gasteiger partial charge in [-0.05, 0) is 29.8 Å². The van der Waals surface area contributed by atoms with Crippen molar-refractivity contribution < 1.29 is 8.78 Å². The lowest BCUT2D eigenvalue weighted by Gasteiger charge is -2.15. The molecule has 6 rings (SSSR count). The third-order valence-corrected chi connectivity index (χ3v) is 5.67. The fourth-order valence-electron chi connectivity index (χ4n) is 4.13. The van der Waals surface area contributed by atoms with Crippen molar-refractivity contribution in [2.45, 2.75) is 18.9 Å². The highest BCUT2D eigenvalue weighted by Crippen LogP contribution is 2.30. The Morgan fingerprint density at radius 3 is 2.88 bits per heavy atom. The van der Waals surface area contributed by atoms with Crippen LogP contribution in [0.3, 0.4) is 0 Å². The highest BCUT2D eigenvalue weighted by molar-refractivity contribution is 5.94. The molecule has 10 heteroatoms. The van der Waals surface area contributed by atoms with Crippen molar-refractivity contribution in [1.82, 2.24) is 40.0 Å². The molecule has 0 saturated carbocycles. The normalized spacial score (nSPS) is 16.3. The summed E-state index contributed by atoms with van der Waals surface area (Å²) in [5.41, 5.74) is 5.31. The zero-order valence-corrected chi connectivity index (χ0v) is 16.9. The topological polar surface area (TPSA) is 99.3 Å². The summed E-state index contributed by atoms with van der Waals surface area (Å²) < 4.78 is 27.0. The molecule has 1 aliphatic rings. The number of aromatic nitrogens is 7. The SMILES string of the molecule is FC1(F)CCN(Cc2cncc(-c3cc4c(-c5nc6ncccc6[nH]5)n[nH]c4cn3)c2)C1. The Morgan fingerprint density at radius 1 is 1.09 bits per heavy atom. The fourth-order valence-corrected chi connectivity index (χ4v) is 4.13. The van der Waals surface area contributed by atoms with Crippen molar-refractivity contribution in [3.8, 4) is 22.8 Å². The number of likely N-dealkylation sites (tertiary alicyclic amines) is 1. The molecular formula is C22H18F2N8. The number of hydrogen-bond acceptors (Lipinski definition) is 6. The van der Waals surface area contributed by atoms with Crippen LogP contribution in [-0.4, -0.2) is 59.0 Å². The second-order valence-corrected chi connectivity index (χ2v) is 8.05. The second kappa shape index (κ2) is 7.13. The van der Waals surface area contributed by atoms with Crippen LogP contribution in [0.25, 0.3) is 44.8 Å². The third kappa shape index (κ3) is 3.38. The van der Waals surface area contributed by atoms with Crippen LogP contribution >= 0.6 is 0 Å². The van der Waals surface area contributed by atoms with Crippen LogP contribution in [-0.2, 0) is 6.54 Å². The van der Waals surface area contributed by atoms with Gasteiger partial charge in [0.1, 0.15) is 5.69 Å². The summed E-state index contributed by atoms with van der Waals surface area (Å²) in [6, 6.07) is 7.63. The Bertz CT molecular complexity index is 1410. The molecule has 2 N–H and O–H groups in total. The third-order valence-electron chi connectivity index (χ3n) is 5.67. The number of nitrogens with zero attached hydrogens (tertiary/aromatic N) is 6. The number of imidazole rings is 1. The van der Waals surface area contributed by atoms with Crippen molar-refractivity contribution in [2.24, 2.45) is 0 Å². The van der Waals surface area contributed by atoms with Crippen LogP contribution < -0.4 is 0 Å². The molecule has 0 aliphatic carbocycles. The van der Waals surface area contributed by atoms with Gasteiger partial charge in [-0.3, -0.25) is 20.0 Å². The van der Waals surface area contributed by atoms with E-state index in [9.17, 15) is 8.78 Å². The standard InChI is InChI=1S/C22H18F2N8/c23-22(24)3-5-32(12-22)11-13-6-14(9-25-8-13)17-7-15-18(10-27-17)30-31-19(15)21-28-16-2-1-4-26-20(16)29-21/h1-2,4,6-10H,3,5,11-12H2,(H,30,31)(H,26,28,29). The van der Waals surface area contributed by atoms with Gasteiger partial charge in [0.15, 0.2) is 11.5 Å². The minimum atomic E-state index is -2.61. The average molecular weight is 432 g/mol. The predicted molar refractivity (Wildman–Crippen MR) is 115 cm³/mol. The summed E-state index contributed by atoms with van der Waals surface area (Å²) in [5.74, 6) is -1.99. The molecular weight excluding hydrogens is 414 g/mol. The molecule has 8 nitrogen and oxygen atoms in total. The first kappa shape index (κ1) is 18.9. The molecule has 5 aromatic heterocycles. The number of H-pyrrole nitrogens is 2. The van der Waals surface area contributed by atoms with Gasteiger partial charge in [-0.2, -0.15) is 5.10 Å². The van der Waals surface area contributed by atoms with Gasteiger partial charge in [0, 0.05) is 49.1 Å². The smallest absolute Gasteiger partial charge is 0.261 e. The Morgan fingerprint density at radius 2 is 2.03 bits per heavy atom. The van der Waals surface area contributed by atoms with Crippen LogP contribution in [0.15, 0.2) is 49.1 Å². The Balaban J connectivity index is 1.34. The van der Waals surface area contributed by atoms with E-state index in [0.29, 0.717) is 30.3 Å². The molecule has 1 fully saturated rings. The first-order chi connectivity index (χ1) is 15.5. The summed E-state index contributed by atoms with van der Waals surface area (Å²) in [6.07, 6.45) is 6.75. The molecule has 32 heavy (non-hydrogen) atoms. The van der Waals surface area contributed by atoms with E-state index in [0.717, 1.165) is 33.2 Å².